The maximum Gasteiger partial charge on any atom is 0.255 e. The number of aromatic amines is 1. The molecule has 0 aliphatic carbocycles. The summed E-state index contributed by atoms with van der Waals surface area (Å²) in [6.45, 7) is 2.06. The molecule has 6 heteroatoms. The summed E-state index contributed by atoms with van der Waals surface area (Å²) >= 11 is 0. The summed E-state index contributed by atoms with van der Waals surface area (Å²) < 4.78 is 5.70. The zero-order valence-corrected chi connectivity index (χ0v) is 18.5. The maximum atomic E-state index is 13.3. The number of rotatable bonds is 9. The molecule has 0 fully saturated rings. The van der Waals surface area contributed by atoms with Crippen LogP contribution in [0.4, 0.5) is 0 Å². The fraction of sp³-hybridized carbons (Fsp3) is 0.222. The first-order valence-corrected chi connectivity index (χ1v) is 11.1. The molecule has 170 valence electrons. The Kier molecular flexibility index (Phi) is 7.07. The Morgan fingerprint density at radius 1 is 1.03 bits per heavy atom. The molecule has 1 aromatic heterocycles. The van der Waals surface area contributed by atoms with Crippen molar-refractivity contribution in [3.8, 4) is 16.9 Å². The third kappa shape index (κ3) is 5.08. The highest BCUT2D eigenvalue weighted by molar-refractivity contribution is 5.98. The zero-order chi connectivity index (χ0) is 23.2. The minimum Gasteiger partial charge on any atom is -0.493 e. The van der Waals surface area contributed by atoms with Crippen LogP contribution in [0.5, 0.6) is 5.75 Å². The van der Waals surface area contributed by atoms with E-state index in [2.05, 4.69) is 10.3 Å². The van der Waals surface area contributed by atoms with E-state index in [1.54, 1.807) is 12.1 Å². The fourth-order valence-corrected chi connectivity index (χ4v) is 4.01. The number of hydrogen-bond acceptors (Lipinski definition) is 4. The summed E-state index contributed by atoms with van der Waals surface area (Å²) in [4.78, 5) is 16.5. The first kappa shape index (κ1) is 22.6. The molecule has 4 aromatic rings. The topological polar surface area (TPSA) is 94.6 Å². The lowest BCUT2D eigenvalue weighted by Crippen LogP contribution is -2.39. The number of benzene rings is 3. The van der Waals surface area contributed by atoms with Crippen LogP contribution < -0.4 is 10.1 Å². The Balaban J connectivity index is 1.59. The molecular weight excluding hydrogens is 416 g/mol. The van der Waals surface area contributed by atoms with Gasteiger partial charge in [-0.25, -0.2) is 0 Å². The number of carbonyl (C=O) groups excluding carboxylic acids is 1. The van der Waals surface area contributed by atoms with Gasteiger partial charge in [0.1, 0.15) is 5.75 Å². The molecule has 6 nitrogen and oxygen atoms in total. The molecule has 1 amide bonds. The molecule has 0 aliphatic heterocycles. The van der Waals surface area contributed by atoms with Gasteiger partial charge in [0, 0.05) is 17.1 Å². The van der Waals surface area contributed by atoms with Crippen molar-refractivity contribution < 1.29 is 19.7 Å². The van der Waals surface area contributed by atoms with Gasteiger partial charge in [0.15, 0.2) is 0 Å². The number of nitrogens with one attached hydrogen (secondary N) is 2. The van der Waals surface area contributed by atoms with E-state index in [9.17, 15) is 15.0 Å². The average Bonchev–Trinajstić information content (AvgIpc) is 3.26. The van der Waals surface area contributed by atoms with Crippen LogP contribution in [0, 0.1) is 0 Å². The van der Waals surface area contributed by atoms with Crippen LogP contribution >= 0.6 is 0 Å². The Morgan fingerprint density at radius 3 is 2.64 bits per heavy atom. The van der Waals surface area contributed by atoms with Crippen LogP contribution in [0.3, 0.4) is 0 Å². The van der Waals surface area contributed by atoms with Gasteiger partial charge in [0.25, 0.3) is 5.91 Å². The zero-order valence-electron chi connectivity index (χ0n) is 18.5. The first-order valence-electron chi connectivity index (χ1n) is 11.1. The van der Waals surface area contributed by atoms with Crippen molar-refractivity contribution in [2.75, 3.05) is 13.2 Å². The van der Waals surface area contributed by atoms with Gasteiger partial charge < -0.3 is 25.3 Å². The molecule has 4 rings (SSSR count). The van der Waals surface area contributed by atoms with Crippen LogP contribution in [0.2, 0.25) is 0 Å². The molecule has 0 bridgehead atoms. The van der Waals surface area contributed by atoms with Crippen molar-refractivity contribution in [1.82, 2.24) is 10.3 Å². The molecule has 1 atom stereocenters. The third-order valence-electron chi connectivity index (χ3n) is 5.66. The predicted octanol–water partition coefficient (Wildman–Crippen LogP) is 4.06. The lowest BCUT2D eigenvalue weighted by molar-refractivity contribution is 0.0913. The van der Waals surface area contributed by atoms with E-state index in [-0.39, 0.29) is 19.1 Å². The van der Waals surface area contributed by atoms with Gasteiger partial charge in [-0.1, -0.05) is 42.5 Å². The monoisotopic (exact) mass is 444 g/mol. The Labute approximate surface area is 192 Å². The van der Waals surface area contributed by atoms with Gasteiger partial charge in [-0.2, -0.15) is 0 Å². The van der Waals surface area contributed by atoms with Crippen LogP contribution in [-0.4, -0.2) is 40.4 Å². The highest BCUT2D eigenvalue weighted by Crippen LogP contribution is 2.28. The van der Waals surface area contributed by atoms with Crippen LogP contribution in [0.15, 0.2) is 72.9 Å². The lowest BCUT2D eigenvalue weighted by Gasteiger charge is -2.18. The van der Waals surface area contributed by atoms with Crippen LogP contribution in [-0.2, 0) is 13.0 Å². The predicted molar refractivity (Wildman–Crippen MR) is 129 cm³/mol. The van der Waals surface area contributed by atoms with Gasteiger partial charge in [-0.3, -0.25) is 4.79 Å². The molecule has 4 N–H and O–H groups in total. The average molecular weight is 445 g/mol. The minimum absolute atomic E-state index is 0.0514. The molecule has 33 heavy (non-hydrogen) atoms. The Bertz CT molecular complexity index is 1250. The normalized spacial score (nSPS) is 12.0. The van der Waals surface area contributed by atoms with Gasteiger partial charge in [-0.05, 0) is 59.9 Å². The second-order valence-electron chi connectivity index (χ2n) is 7.92. The van der Waals surface area contributed by atoms with Gasteiger partial charge in [0.05, 0.1) is 31.4 Å². The third-order valence-corrected chi connectivity index (χ3v) is 5.66. The number of hydrogen-bond donors (Lipinski definition) is 4. The standard InChI is InChI=1S/C27H28N2O4/c1-2-33-26-11-10-20(19-7-5-6-18(12-19)16-30)14-24(26)27(32)29-22(17-31)13-21-15-28-25-9-4-3-8-23(21)25/h3-12,14-15,22,28,30-31H,2,13,16-17H2,1H3,(H,29,32). The summed E-state index contributed by atoms with van der Waals surface area (Å²) in [6, 6.07) is 20.5. The van der Waals surface area contributed by atoms with Crippen LogP contribution in [0.25, 0.3) is 22.0 Å². The summed E-state index contributed by atoms with van der Waals surface area (Å²) in [5.74, 6) is 0.179. The number of aliphatic hydroxyl groups excluding tert-OH is 2. The molecule has 1 unspecified atom stereocenters. The number of aliphatic hydroxyl groups is 2. The molecule has 0 saturated heterocycles. The molecule has 1 heterocycles. The maximum absolute atomic E-state index is 13.3. The van der Waals surface area contributed by atoms with Gasteiger partial charge in [-0.15, -0.1) is 0 Å². The number of amides is 1. The SMILES string of the molecule is CCOc1ccc(-c2cccc(CO)c2)cc1C(=O)NC(CO)Cc1c[nH]c2ccccc12. The molecule has 3 aromatic carbocycles. The second kappa shape index (κ2) is 10.3. The fourth-order valence-electron chi connectivity index (χ4n) is 4.01. The molecule has 0 radical (unpaired) electrons. The van der Waals surface area contributed by atoms with Gasteiger partial charge >= 0.3 is 0 Å². The number of ether oxygens (including phenoxy) is 1. The van der Waals surface area contributed by atoms with E-state index in [4.69, 9.17) is 4.74 Å². The van der Waals surface area contributed by atoms with E-state index in [0.717, 1.165) is 33.2 Å². The molecule has 0 saturated carbocycles. The molecule has 0 aliphatic rings. The summed E-state index contributed by atoms with van der Waals surface area (Å²) in [5.41, 5.74) is 5.00. The second-order valence-corrected chi connectivity index (χ2v) is 7.92. The molecule has 0 spiro atoms. The van der Waals surface area contributed by atoms with Crippen molar-refractivity contribution in [3.63, 3.8) is 0 Å². The van der Waals surface area contributed by atoms with E-state index >= 15 is 0 Å². The van der Waals surface area contributed by atoms with E-state index in [1.807, 2.05) is 67.7 Å². The van der Waals surface area contributed by atoms with Crippen molar-refractivity contribution >= 4 is 16.8 Å². The summed E-state index contributed by atoms with van der Waals surface area (Å²) in [7, 11) is 0. The number of H-pyrrole nitrogens is 1. The number of carbonyl (C=O) groups is 1. The van der Waals surface area contributed by atoms with Crippen molar-refractivity contribution in [1.29, 1.82) is 0 Å². The van der Waals surface area contributed by atoms with Crippen molar-refractivity contribution in [3.05, 3.63) is 89.6 Å². The van der Waals surface area contributed by atoms with E-state index < -0.39 is 6.04 Å². The first-order chi connectivity index (χ1) is 16.1. The Hall–Kier alpha value is -3.61. The van der Waals surface area contributed by atoms with Gasteiger partial charge in [0.2, 0.25) is 0 Å². The summed E-state index contributed by atoms with van der Waals surface area (Å²) in [6.07, 6.45) is 2.41. The van der Waals surface area contributed by atoms with Crippen molar-refractivity contribution in [2.24, 2.45) is 0 Å². The largest absolute Gasteiger partial charge is 0.493 e. The number of para-hydroxylation sites is 1. The smallest absolute Gasteiger partial charge is 0.255 e. The van der Waals surface area contributed by atoms with E-state index in [1.165, 1.54) is 0 Å². The quantitative estimate of drug-likeness (QED) is 0.313. The van der Waals surface area contributed by atoms with E-state index in [0.29, 0.717) is 24.3 Å². The Morgan fingerprint density at radius 2 is 1.85 bits per heavy atom. The molecular formula is C27H28N2O4. The van der Waals surface area contributed by atoms with Crippen LogP contribution in [0.1, 0.15) is 28.4 Å². The number of fused-ring (bicyclic) bond motifs is 1. The lowest BCUT2D eigenvalue weighted by atomic mass is 9.99. The minimum atomic E-state index is -0.451. The number of aromatic nitrogens is 1. The summed E-state index contributed by atoms with van der Waals surface area (Å²) in [5, 5.41) is 23.5. The highest BCUT2D eigenvalue weighted by atomic mass is 16.5. The highest BCUT2D eigenvalue weighted by Gasteiger charge is 2.19. The van der Waals surface area contributed by atoms with Crippen molar-refractivity contribution in [2.45, 2.75) is 26.0 Å².